The van der Waals surface area contributed by atoms with Gasteiger partial charge in [0.15, 0.2) is 4.34 Å². The van der Waals surface area contributed by atoms with Gasteiger partial charge in [-0.25, -0.2) is 4.68 Å². The van der Waals surface area contributed by atoms with Gasteiger partial charge in [0.05, 0.1) is 5.69 Å². The molecule has 0 fully saturated rings. The third kappa shape index (κ3) is 5.33. The Bertz CT molecular complexity index is 1110. The molecule has 29 heavy (non-hydrogen) atoms. The largest absolute Gasteiger partial charge is 0.297 e. The van der Waals surface area contributed by atoms with Crippen molar-refractivity contribution < 1.29 is 4.79 Å². The molecule has 0 aliphatic carbocycles. The molecular formula is C19H15N7OS2. The van der Waals surface area contributed by atoms with Crippen LogP contribution in [0.5, 0.6) is 0 Å². The van der Waals surface area contributed by atoms with Crippen LogP contribution < -0.4 is 5.32 Å². The highest BCUT2D eigenvalue weighted by Gasteiger charge is 2.07. The van der Waals surface area contributed by atoms with Crippen molar-refractivity contribution in [1.29, 1.82) is 0 Å². The van der Waals surface area contributed by atoms with Crippen LogP contribution in [0.15, 0.2) is 71.3 Å². The fourth-order valence-electron chi connectivity index (χ4n) is 2.41. The van der Waals surface area contributed by atoms with Gasteiger partial charge in [0.25, 0.3) is 0 Å². The minimum atomic E-state index is -0.270. The molecular weight excluding hydrogens is 406 g/mol. The maximum atomic E-state index is 12.2. The SMILES string of the molecule is O=C(/C=C/c1cccc(-n2cnnn2)c1)Nc1nnc(SCc2ccccc2)s1. The molecule has 0 saturated heterocycles. The second-order valence-electron chi connectivity index (χ2n) is 5.82. The zero-order valence-corrected chi connectivity index (χ0v) is 16.7. The molecule has 1 N–H and O–H groups in total. The van der Waals surface area contributed by atoms with Gasteiger partial charge in [0.2, 0.25) is 11.0 Å². The predicted molar refractivity (Wildman–Crippen MR) is 113 cm³/mol. The lowest BCUT2D eigenvalue weighted by Gasteiger charge is -2.00. The summed E-state index contributed by atoms with van der Waals surface area (Å²) in [5, 5.41) is 22.4. The molecule has 0 spiro atoms. The molecule has 1 amide bonds. The van der Waals surface area contributed by atoms with Crippen LogP contribution in [-0.2, 0) is 10.5 Å². The van der Waals surface area contributed by atoms with E-state index in [1.165, 1.54) is 29.3 Å². The Labute approximate surface area is 174 Å². The first kappa shape index (κ1) is 19.0. The van der Waals surface area contributed by atoms with Crippen molar-refractivity contribution in [3.8, 4) is 5.69 Å². The van der Waals surface area contributed by atoms with Crippen molar-refractivity contribution >= 4 is 40.2 Å². The Morgan fingerprint density at radius 1 is 1.14 bits per heavy atom. The number of nitrogens with zero attached hydrogens (tertiary/aromatic N) is 6. The second-order valence-corrected chi connectivity index (χ2v) is 8.02. The summed E-state index contributed by atoms with van der Waals surface area (Å²) in [6, 6.07) is 17.6. The minimum absolute atomic E-state index is 0.270. The van der Waals surface area contributed by atoms with E-state index >= 15 is 0 Å². The van der Waals surface area contributed by atoms with E-state index in [0.717, 1.165) is 21.3 Å². The molecule has 4 aromatic rings. The summed E-state index contributed by atoms with van der Waals surface area (Å²) in [5.74, 6) is 0.537. The lowest BCUT2D eigenvalue weighted by atomic mass is 10.2. The number of anilines is 1. The highest BCUT2D eigenvalue weighted by Crippen LogP contribution is 2.28. The molecule has 144 valence electrons. The number of nitrogens with one attached hydrogen (secondary N) is 1. The van der Waals surface area contributed by atoms with Crippen LogP contribution >= 0.6 is 23.1 Å². The molecule has 4 rings (SSSR count). The Morgan fingerprint density at radius 2 is 2.03 bits per heavy atom. The molecule has 0 atom stereocenters. The van der Waals surface area contributed by atoms with Crippen LogP contribution in [0.4, 0.5) is 5.13 Å². The zero-order chi connectivity index (χ0) is 19.9. The maximum absolute atomic E-state index is 12.2. The Morgan fingerprint density at radius 3 is 2.86 bits per heavy atom. The Balaban J connectivity index is 1.33. The van der Waals surface area contributed by atoms with Crippen LogP contribution in [0.25, 0.3) is 11.8 Å². The summed E-state index contributed by atoms with van der Waals surface area (Å²) in [6.07, 6.45) is 4.69. The number of carbonyl (C=O) groups is 1. The number of carbonyl (C=O) groups excluding carboxylic acids is 1. The average molecular weight is 422 g/mol. The Hall–Kier alpha value is -3.37. The summed E-state index contributed by atoms with van der Waals surface area (Å²) < 4.78 is 2.36. The molecule has 8 nitrogen and oxygen atoms in total. The highest BCUT2D eigenvalue weighted by molar-refractivity contribution is 8.00. The van der Waals surface area contributed by atoms with Gasteiger partial charge in [-0.2, -0.15) is 0 Å². The number of thioether (sulfide) groups is 1. The van der Waals surface area contributed by atoms with Crippen LogP contribution in [0.1, 0.15) is 11.1 Å². The minimum Gasteiger partial charge on any atom is -0.297 e. The number of rotatable bonds is 7. The quantitative estimate of drug-likeness (QED) is 0.277. The first-order valence-electron chi connectivity index (χ1n) is 8.59. The van der Waals surface area contributed by atoms with E-state index in [1.807, 2.05) is 42.5 Å². The van der Waals surface area contributed by atoms with Gasteiger partial charge < -0.3 is 0 Å². The maximum Gasteiger partial charge on any atom is 0.250 e. The number of aromatic nitrogens is 6. The van der Waals surface area contributed by atoms with Crippen molar-refractivity contribution in [1.82, 2.24) is 30.4 Å². The number of amides is 1. The molecule has 0 aliphatic rings. The highest BCUT2D eigenvalue weighted by atomic mass is 32.2. The van der Waals surface area contributed by atoms with Crippen molar-refractivity contribution in [2.75, 3.05) is 5.32 Å². The van der Waals surface area contributed by atoms with Crippen molar-refractivity contribution in [3.05, 3.63) is 78.1 Å². The molecule has 2 aromatic carbocycles. The van der Waals surface area contributed by atoms with Gasteiger partial charge in [-0.15, -0.1) is 15.3 Å². The number of hydrogen-bond donors (Lipinski definition) is 1. The number of benzene rings is 2. The topological polar surface area (TPSA) is 98.5 Å². The van der Waals surface area contributed by atoms with E-state index in [0.29, 0.717) is 5.13 Å². The van der Waals surface area contributed by atoms with Crippen LogP contribution in [0.2, 0.25) is 0 Å². The molecule has 0 bridgehead atoms. The van der Waals surface area contributed by atoms with E-state index in [2.05, 4.69) is 43.2 Å². The number of tetrazole rings is 1. The summed E-state index contributed by atoms with van der Waals surface area (Å²) in [5.41, 5.74) is 2.87. The van der Waals surface area contributed by atoms with Crippen molar-refractivity contribution in [2.45, 2.75) is 10.1 Å². The van der Waals surface area contributed by atoms with Gasteiger partial charge in [-0.05, 0) is 39.8 Å². The van der Waals surface area contributed by atoms with Gasteiger partial charge in [-0.1, -0.05) is 65.6 Å². The van der Waals surface area contributed by atoms with Gasteiger partial charge >= 0.3 is 0 Å². The van der Waals surface area contributed by atoms with Gasteiger partial charge in [0, 0.05) is 11.8 Å². The molecule has 0 saturated carbocycles. The standard InChI is InChI=1S/C19H15N7OS2/c27-17(10-9-14-7-4-8-16(11-14)26-13-20-24-25-26)21-18-22-23-19(29-18)28-12-15-5-2-1-3-6-15/h1-11,13H,12H2,(H,21,22,27)/b10-9+. The van der Waals surface area contributed by atoms with Gasteiger partial charge in [-0.3, -0.25) is 10.1 Å². The molecule has 0 aliphatic heterocycles. The summed E-state index contributed by atoms with van der Waals surface area (Å²) in [4.78, 5) is 12.2. The van der Waals surface area contributed by atoms with E-state index in [9.17, 15) is 4.79 Å². The molecule has 10 heteroatoms. The third-order valence-electron chi connectivity index (χ3n) is 3.75. The summed E-state index contributed by atoms with van der Waals surface area (Å²) in [6.45, 7) is 0. The normalized spacial score (nSPS) is 11.0. The fraction of sp³-hybridized carbons (Fsp3) is 0.0526. The van der Waals surface area contributed by atoms with Crippen LogP contribution in [-0.4, -0.2) is 36.3 Å². The van der Waals surface area contributed by atoms with Crippen molar-refractivity contribution in [3.63, 3.8) is 0 Å². The van der Waals surface area contributed by atoms with Crippen LogP contribution in [0, 0.1) is 0 Å². The first-order valence-corrected chi connectivity index (χ1v) is 10.4. The molecule has 2 aromatic heterocycles. The smallest absolute Gasteiger partial charge is 0.250 e. The molecule has 2 heterocycles. The monoisotopic (exact) mass is 421 g/mol. The fourth-order valence-corrected chi connectivity index (χ4v) is 4.12. The average Bonchev–Trinajstić information content (AvgIpc) is 3.44. The molecule has 0 radical (unpaired) electrons. The Kier molecular flexibility index (Phi) is 6.03. The van der Waals surface area contributed by atoms with E-state index in [-0.39, 0.29) is 5.91 Å². The third-order valence-corrected chi connectivity index (χ3v) is 5.80. The van der Waals surface area contributed by atoms with E-state index < -0.39 is 0 Å². The second kappa shape index (κ2) is 9.22. The summed E-state index contributed by atoms with van der Waals surface area (Å²) in [7, 11) is 0. The number of hydrogen-bond acceptors (Lipinski definition) is 8. The van der Waals surface area contributed by atoms with Gasteiger partial charge in [0.1, 0.15) is 6.33 Å². The lowest BCUT2D eigenvalue weighted by Crippen LogP contribution is -2.07. The zero-order valence-electron chi connectivity index (χ0n) is 15.0. The first-order chi connectivity index (χ1) is 14.3. The molecule has 0 unspecified atom stereocenters. The van der Waals surface area contributed by atoms with E-state index in [1.54, 1.807) is 22.5 Å². The van der Waals surface area contributed by atoms with Crippen molar-refractivity contribution in [2.24, 2.45) is 0 Å². The summed E-state index contributed by atoms with van der Waals surface area (Å²) >= 11 is 2.94. The van der Waals surface area contributed by atoms with Crippen LogP contribution in [0.3, 0.4) is 0 Å². The predicted octanol–water partition coefficient (Wildman–Crippen LogP) is 3.46. The van der Waals surface area contributed by atoms with E-state index in [4.69, 9.17) is 0 Å². The lowest BCUT2D eigenvalue weighted by molar-refractivity contribution is -0.111.